The van der Waals surface area contributed by atoms with Crippen molar-refractivity contribution in [1.29, 1.82) is 0 Å². The standard InChI is InChI=1S/C26H36N4O4/c1-33-17-16-29(18-21-6-5-15-28-14-4-3-7-24(21)28)26(32)19-30-25(31)13-12-23(27-30)20-8-10-22(34-2)11-9-20/h8-13,21,24H,3-7,14-19H2,1-2H3. The average Bonchev–Trinajstić information content (AvgIpc) is 2.88. The van der Waals surface area contributed by atoms with Crippen LogP contribution in [-0.4, -0.2) is 78.5 Å². The lowest BCUT2D eigenvalue weighted by Crippen LogP contribution is -2.52. The second-order valence-electron chi connectivity index (χ2n) is 9.28. The number of methoxy groups -OCH3 is 2. The number of carbonyl (C=O) groups excluding carboxylic acids is 1. The topological polar surface area (TPSA) is 76.9 Å². The molecule has 1 aromatic heterocycles. The first-order chi connectivity index (χ1) is 16.6. The zero-order valence-corrected chi connectivity index (χ0v) is 20.3. The largest absolute Gasteiger partial charge is 0.497 e. The Morgan fingerprint density at radius 3 is 2.62 bits per heavy atom. The number of carbonyl (C=O) groups is 1. The van der Waals surface area contributed by atoms with Crippen LogP contribution in [-0.2, 0) is 16.1 Å². The highest BCUT2D eigenvalue weighted by Gasteiger charge is 2.34. The van der Waals surface area contributed by atoms with Gasteiger partial charge < -0.3 is 19.3 Å². The van der Waals surface area contributed by atoms with Crippen molar-refractivity contribution in [3.63, 3.8) is 0 Å². The van der Waals surface area contributed by atoms with E-state index in [9.17, 15) is 9.59 Å². The molecule has 1 amide bonds. The zero-order chi connectivity index (χ0) is 23.9. The molecule has 8 heteroatoms. The zero-order valence-electron chi connectivity index (χ0n) is 20.3. The van der Waals surface area contributed by atoms with Crippen molar-refractivity contribution >= 4 is 5.91 Å². The van der Waals surface area contributed by atoms with Crippen LogP contribution < -0.4 is 10.3 Å². The summed E-state index contributed by atoms with van der Waals surface area (Å²) in [6.45, 7) is 3.96. The van der Waals surface area contributed by atoms with E-state index < -0.39 is 0 Å². The fraction of sp³-hybridized carbons (Fsp3) is 0.577. The monoisotopic (exact) mass is 468 g/mol. The number of aromatic nitrogens is 2. The van der Waals surface area contributed by atoms with Crippen LogP contribution in [0, 0.1) is 5.92 Å². The minimum Gasteiger partial charge on any atom is -0.497 e. The summed E-state index contributed by atoms with van der Waals surface area (Å²) in [5.74, 6) is 1.12. The summed E-state index contributed by atoms with van der Waals surface area (Å²) < 4.78 is 11.8. The molecule has 0 bridgehead atoms. The lowest BCUT2D eigenvalue weighted by molar-refractivity contribution is -0.134. The molecule has 0 radical (unpaired) electrons. The number of hydrogen-bond donors (Lipinski definition) is 0. The van der Waals surface area contributed by atoms with Crippen molar-refractivity contribution in [1.82, 2.24) is 19.6 Å². The van der Waals surface area contributed by atoms with Gasteiger partial charge in [-0.3, -0.25) is 9.59 Å². The highest BCUT2D eigenvalue weighted by atomic mass is 16.5. The Balaban J connectivity index is 1.49. The number of benzene rings is 1. The molecule has 2 fully saturated rings. The Kier molecular flexibility index (Phi) is 8.34. The molecule has 2 aliphatic heterocycles. The summed E-state index contributed by atoms with van der Waals surface area (Å²) in [5, 5.41) is 4.49. The van der Waals surface area contributed by atoms with Gasteiger partial charge in [0.25, 0.3) is 5.56 Å². The third kappa shape index (κ3) is 5.85. The molecule has 184 valence electrons. The van der Waals surface area contributed by atoms with Gasteiger partial charge in [-0.25, -0.2) is 4.68 Å². The van der Waals surface area contributed by atoms with Crippen LogP contribution >= 0.6 is 0 Å². The second kappa shape index (κ2) is 11.6. The number of amides is 1. The maximum Gasteiger partial charge on any atom is 0.267 e. The molecule has 0 aliphatic carbocycles. The first-order valence-electron chi connectivity index (χ1n) is 12.3. The third-order valence-corrected chi connectivity index (χ3v) is 7.14. The summed E-state index contributed by atoms with van der Waals surface area (Å²) in [6, 6.07) is 11.2. The van der Waals surface area contributed by atoms with Gasteiger partial charge >= 0.3 is 0 Å². The van der Waals surface area contributed by atoms with Gasteiger partial charge in [-0.05, 0) is 75.0 Å². The summed E-state index contributed by atoms with van der Waals surface area (Å²) in [6.07, 6.45) is 6.07. The minimum absolute atomic E-state index is 0.0758. The van der Waals surface area contributed by atoms with E-state index in [4.69, 9.17) is 9.47 Å². The lowest BCUT2D eigenvalue weighted by atomic mass is 9.83. The molecular formula is C26H36N4O4. The molecule has 3 heterocycles. The highest BCUT2D eigenvalue weighted by Crippen LogP contribution is 2.31. The summed E-state index contributed by atoms with van der Waals surface area (Å²) in [5.41, 5.74) is 1.22. The van der Waals surface area contributed by atoms with Gasteiger partial charge in [0, 0.05) is 37.9 Å². The van der Waals surface area contributed by atoms with Crippen molar-refractivity contribution in [2.45, 2.75) is 44.7 Å². The average molecular weight is 469 g/mol. The number of fused-ring (bicyclic) bond motifs is 1. The molecule has 34 heavy (non-hydrogen) atoms. The van der Waals surface area contributed by atoms with Crippen molar-refractivity contribution < 1.29 is 14.3 Å². The van der Waals surface area contributed by atoms with Crippen LogP contribution in [0.3, 0.4) is 0 Å². The molecule has 2 aliphatic rings. The van der Waals surface area contributed by atoms with E-state index in [2.05, 4.69) is 10.00 Å². The third-order valence-electron chi connectivity index (χ3n) is 7.14. The molecule has 8 nitrogen and oxygen atoms in total. The highest BCUT2D eigenvalue weighted by molar-refractivity contribution is 5.76. The van der Waals surface area contributed by atoms with E-state index in [0.29, 0.717) is 37.4 Å². The van der Waals surface area contributed by atoms with Gasteiger partial charge in [0.1, 0.15) is 12.3 Å². The van der Waals surface area contributed by atoms with Crippen LogP contribution in [0.25, 0.3) is 11.3 Å². The molecule has 0 saturated carbocycles. The smallest absolute Gasteiger partial charge is 0.267 e. The maximum absolute atomic E-state index is 13.4. The first kappa shape index (κ1) is 24.4. The molecule has 2 aromatic rings. The fourth-order valence-electron chi connectivity index (χ4n) is 5.30. The predicted octanol–water partition coefficient (Wildman–Crippen LogP) is 2.66. The minimum atomic E-state index is -0.284. The van der Waals surface area contributed by atoms with E-state index in [1.165, 1.54) is 49.5 Å². The van der Waals surface area contributed by atoms with Crippen LogP contribution in [0.5, 0.6) is 5.75 Å². The predicted molar refractivity (Wildman–Crippen MR) is 131 cm³/mol. The summed E-state index contributed by atoms with van der Waals surface area (Å²) in [7, 11) is 3.27. The molecule has 2 saturated heterocycles. The Labute approximate surface area is 201 Å². The SMILES string of the molecule is COCCN(CC1CCCN2CCCCC12)C(=O)Cn1nc(-c2ccc(OC)cc2)ccc1=O. The summed E-state index contributed by atoms with van der Waals surface area (Å²) in [4.78, 5) is 30.4. The Bertz CT molecular complexity index is 1000. The normalized spacial score (nSPS) is 20.5. The molecule has 2 atom stereocenters. The van der Waals surface area contributed by atoms with Gasteiger partial charge in [0.15, 0.2) is 0 Å². The van der Waals surface area contributed by atoms with E-state index in [-0.39, 0.29) is 18.0 Å². The van der Waals surface area contributed by atoms with E-state index in [1.807, 2.05) is 29.2 Å². The molecule has 2 unspecified atom stereocenters. The van der Waals surface area contributed by atoms with Crippen molar-refractivity contribution in [3.8, 4) is 17.0 Å². The molecule has 1 aromatic carbocycles. The van der Waals surface area contributed by atoms with Gasteiger partial charge in [-0.2, -0.15) is 5.10 Å². The van der Waals surface area contributed by atoms with Crippen molar-refractivity contribution in [2.24, 2.45) is 5.92 Å². The Morgan fingerprint density at radius 2 is 1.85 bits per heavy atom. The van der Waals surface area contributed by atoms with Crippen LogP contribution in [0.1, 0.15) is 32.1 Å². The molecule has 0 spiro atoms. The fourth-order valence-corrected chi connectivity index (χ4v) is 5.30. The van der Waals surface area contributed by atoms with Crippen molar-refractivity contribution in [2.75, 3.05) is 47.0 Å². The van der Waals surface area contributed by atoms with E-state index in [0.717, 1.165) is 17.7 Å². The maximum atomic E-state index is 13.4. The lowest BCUT2D eigenvalue weighted by Gasteiger charge is -2.45. The van der Waals surface area contributed by atoms with Crippen molar-refractivity contribution in [3.05, 3.63) is 46.8 Å². The molecule has 0 N–H and O–H groups in total. The van der Waals surface area contributed by atoms with Gasteiger partial charge in [-0.15, -0.1) is 0 Å². The quantitative estimate of drug-likeness (QED) is 0.563. The van der Waals surface area contributed by atoms with E-state index >= 15 is 0 Å². The van der Waals surface area contributed by atoms with Crippen LogP contribution in [0.2, 0.25) is 0 Å². The van der Waals surface area contributed by atoms with Gasteiger partial charge in [0.05, 0.1) is 19.4 Å². The second-order valence-corrected chi connectivity index (χ2v) is 9.28. The number of piperidine rings is 2. The molecular weight excluding hydrogens is 432 g/mol. The first-order valence-corrected chi connectivity index (χ1v) is 12.3. The Hall–Kier alpha value is -2.71. The number of ether oxygens (including phenoxy) is 2. The number of nitrogens with zero attached hydrogens (tertiary/aromatic N) is 4. The number of hydrogen-bond acceptors (Lipinski definition) is 6. The summed E-state index contributed by atoms with van der Waals surface area (Å²) >= 11 is 0. The van der Waals surface area contributed by atoms with Crippen LogP contribution in [0.4, 0.5) is 0 Å². The number of rotatable bonds is 9. The molecule has 4 rings (SSSR count). The van der Waals surface area contributed by atoms with Gasteiger partial charge in [0.2, 0.25) is 5.91 Å². The van der Waals surface area contributed by atoms with Crippen LogP contribution in [0.15, 0.2) is 41.2 Å². The van der Waals surface area contributed by atoms with Gasteiger partial charge in [-0.1, -0.05) is 6.42 Å². The van der Waals surface area contributed by atoms with E-state index in [1.54, 1.807) is 20.3 Å². The Morgan fingerprint density at radius 1 is 1.06 bits per heavy atom.